The molecular formula is C9H13BrN2O4. The Kier molecular flexibility index (Phi) is 6.40. The van der Waals surface area contributed by atoms with Gasteiger partial charge >= 0.3 is 5.97 Å². The molecule has 0 bridgehead atoms. The van der Waals surface area contributed by atoms with Gasteiger partial charge in [-0.1, -0.05) is 22.5 Å². The number of carbonyl (C=O) groups is 3. The average Bonchev–Trinajstić information content (AvgIpc) is 2.12. The van der Waals surface area contributed by atoms with Crippen molar-refractivity contribution < 1.29 is 19.1 Å². The zero-order valence-corrected chi connectivity index (χ0v) is 10.4. The van der Waals surface area contributed by atoms with Crippen molar-refractivity contribution in [3.8, 4) is 0 Å². The van der Waals surface area contributed by atoms with Gasteiger partial charge in [0.15, 0.2) is 6.61 Å². The van der Waals surface area contributed by atoms with Crippen LogP contribution in [-0.4, -0.2) is 30.4 Å². The molecule has 0 aromatic heterocycles. The zero-order valence-electron chi connectivity index (χ0n) is 8.79. The maximum Gasteiger partial charge on any atom is 0.303 e. The molecule has 0 rings (SSSR count). The van der Waals surface area contributed by atoms with Gasteiger partial charge in [0, 0.05) is 13.3 Å². The first-order valence-corrected chi connectivity index (χ1v) is 5.17. The van der Waals surface area contributed by atoms with Crippen LogP contribution in [0, 0.1) is 0 Å². The maximum atomic E-state index is 11.2. The van der Waals surface area contributed by atoms with Crippen LogP contribution in [0.15, 0.2) is 11.1 Å². The van der Waals surface area contributed by atoms with Gasteiger partial charge in [-0.05, 0) is 4.48 Å². The summed E-state index contributed by atoms with van der Waals surface area (Å²) in [6.07, 6.45) is 0.182. The quantitative estimate of drug-likeness (QED) is 0.664. The van der Waals surface area contributed by atoms with Crippen LogP contribution in [0.25, 0.3) is 0 Å². The van der Waals surface area contributed by atoms with Crippen molar-refractivity contribution in [3.63, 3.8) is 0 Å². The van der Waals surface area contributed by atoms with Crippen molar-refractivity contribution in [1.82, 2.24) is 5.32 Å². The molecule has 0 aliphatic heterocycles. The van der Waals surface area contributed by atoms with Gasteiger partial charge < -0.3 is 15.8 Å². The molecule has 0 fully saturated rings. The largest absolute Gasteiger partial charge is 0.456 e. The Morgan fingerprint density at radius 3 is 2.44 bits per heavy atom. The van der Waals surface area contributed by atoms with Crippen LogP contribution in [-0.2, 0) is 19.1 Å². The van der Waals surface area contributed by atoms with Gasteiger partial charge in [0.2, 0.25) is 5.91 Å². The van der Waals surface area contributed by atoms with E-state index < -0.39 is 30.4 Å². The number of esters is 1. The molecule has 0 aliphatic rings. The number of rotatable bonds is 6. The van der Waals surface area contributed by atoms with Gasteiger partial charge in [-0.25, -0.2) is 0 Å². The van der Waals surface area contributed by atoms with Crippen molar-refractivity contribution in [1.29, 1.82) is 0 Å². The zero-order chi connectivity index (χ0) is 12.7. The lowest BCUT2D eigenvalue weighted by atomic mass is 10.2. The molecule has 0 aromatic rings. The number of primary amides is 1. The van der Waals surface area contributed by atoms with Crippen LogP contribution in [0.4, 0.5) is 0 Å². The first-order chi connectivity index (χ1) is 7.32. The van der Waals surface area contributed by atoms with Gasteiger partial charge in [0.25, 0.3) is 5.91 Å². The summed E-state index contributed by atoms with van der Waals surface area (Å²) in [5.74, 6) is -1.85. The van der Waals surface area contributed by atoms with E-state index in [0.29, 0.717) is 4.48 Å². The predicted molar refractivity (Wildman–Crippen MR) is 60.4 cm³/mol. The molecule has 0 aromatic carbocycles. The fourth-order valence-electron chi connectivity index (χ4n) is 0.847. The molecule has 0 heterocycles. The number of halogens is 1. The smallest absolute Gasteiger partial charge is 0.303 e. The minimum Gasteiger partial charge on any atom is -0.456 e. The van der Waals surface area contributed by atoms with Crippen LogP contribution in [0.2, 0.25) is 0 Å². The summed E-state index contributed by atoms with van der Waals surface area (Å²) in [4.78, 5) is 32.6. The molecule has 0 spiro atoms. The topological polar surface area (TPSA) is 98.5 Å². The Morgan fingerprint density at radius 1 is 1.50 bits per heavy atom. The van der Waals surface area contributed by atoms with Gasteiger partial charge in [0.05, 0.1) is 0 Å². The Labute approximate surface area is 101 Å². The SMILES string of the molecule is C=C(Br)C[C@@H](NC(=O)COC(C)=O)C(N)=O. The Bertz CT molecular complexity index is 317. The van der Waals surface area contributed by atoms with Crippen molar-refractivity contribution in [2.24, 2.45) is 5.73 Å². The summed E-state index contributed by atoms with van der Waals surface area (Å²) in [7, 11) is 0. The van der Waals surface area contributed by atoms with Crippen molar-refractivity contribution in [2.75, 3.05) is 6.61 Å². The van der Waals surface area contributed by atoms with E-state index in [-0.39, 0.29) is 6.42 Å². The average molecular weight is 293 g/mol. The van der Waals surface area contributed by atoms with E-state index in [1.54, 1.807) is 0 Å². The number of hydrogen-bond acceptors (Lipinski definition) is 4. The fraction of sp³-hybridized carbons (Fsp3) is 0.444. The molecule has 3 N–H and O–H groups in total. The van der Waals surface area contributed by atoms with E-state index >= 15 is 0 Å². The first kappa shape index (κ1) is 14.6. The van der Waals surface area contributed by atoms with E-state index in [9.17, 15) is 14.4 Å². The molecule has 0 radical (unpaired) electrons. The fourth-order valence-corrected chi connectivity index (χ4v) is 1.17. The summed E-state index contributed by atoms with van der Waals surface area (Å²) in [6.45, 7) is 4.27. The molecule has 6 nitrogen and oxygen atoms in total. The number of nitrogens with two attached hydrogens (primary N) is 1. The van der Waals surface area contributed by atoms with Crippen molar-refractivity contribution in [3.05, 3.63) is 11.1 Å². The molecule has 0 saturated carbocycles. The maximum absolute atomic E-state index is 11.2. The van der Waals surface area contributed by atoms with Gasteiger partial charge in [-0.2, -0.15) is 0 Å². The summed E-state index contributed by atoms with van der Waals surface area (Å²) in [5.41, 5.74) is 5.07. The molecule has 2 amide bonds. The van der Waals surface area contributed by atoms with E-state index in [0.717, 1.165) is 0 Å². The van der Waals surface area contributed by atoms with Crippen LogP contribution < -0.4 is 11.1 Å². The lowest BCUT2D eigenvalue weighted by Crippen LogP contribution is -2.45. The number of hydrogen-bond donors (Lipinski definition) is 2. The summed E-state index contributed by atoms with van der Waals surface area (Å²) in [5, 5.41) is 2.32. The number of nitrogens with one attached hydrogen (secondary N) is 1. The van der Waals surface area contributed by atoms with Crippen LogP contribution in [0.3, 0.4) is 0 Å². The van der Waals surface area contributed by atoms with Crippen molar-refractivity contribution in [2.45, 2.75) is 19.4 Å². The Morgan fingerprint density at radius 2 is 2.06 bits per heavy atom. The number of ether oxygens (including phenoxy) is 1. The standard InChI is InChI=1S/C9H13BrN2O4/c1-5(10)3-7(9(11)15)12-8(14)4-16-6(2)13/h7H,1,3-4H2,2H3,(H2,11,15)(H,12,14)/t7-/m1/s1. The van der Waals surface area contributed by atoms with E-state index in [4.69, 9.17) is 5.73 Å². The molecule has 0 aliphatic carbocycles. The molecule has 7 heteroatoms. The third-order valence-electron chi connectivity index (χ3n) is 1.51. The molecule has 90 valence electrons. The Hall–Kier alpha value is -1.37. The predicted octanol–water partition coefficient (Wildman–Crippen LogP) is -0.182. The van der Waals surface area contributed by atoms with Gasteiger partial charge in [0.1, 0.15) is 6.04 Å². The highest BCUT2D eigenvalue weighted by atomic mass is 79.9. The van der Waals surface area contributed by atoms with E-state index in [1.165, 1.54) is 6.92 Å². The van der Waals surface area contributed by atoms with Gasteiger partial charge in [-0.15, -0.1) is 0 Å². The lowest BCUT2D eigenvalue weighted by molar-refractivity contribution is -0.146. The van der Waals surface area contributed by atoms with E-state index in [2.05, 4.69) is 32.6 Å². The second kappa shape index (κ2) is 7.00. The van der Waals surface area contributed by atoms with E-state index in [1.807, 2.05) is 0 Å². The highest BCUT2D eigenvalue weighted by molar-refractivity contribution is 9.11. The second-order valence-corrected chi connectivity index (χ2v) is 4.15. The molecule has 16 heavy (non-hydrogen) atoms. The molecule has 0 unspecified atom stereocenters. The monoisotopic (exact) mass is 292 g/mol. The highest BCUT2D eigenvalue weighted by Crippen LogP contribution is 2.09. The summed E-state index contributed by atoms with van der Waals surface area (Å²) >= 11 is 3.06. The third kappa shape index (κ3) is 6.99. The van der Waals surface area contributed by atoms with Gasteiger partial charge in [-0.3, -0.25) is 14.4 Å². The molecule has 1 atom stereocenters. The highest BCUT2D eigenvalue weighted by Gasteiger charge is 2.18. The third-order valence-corrected chi connectivity index (χ3v) is 1.83. The number of carbonyl (C=O) groups excluding carboxylic acids is 3. The minimum atomic E-state index is -0.866. The van der Waals surface area contributed by atoms with Crippen molar-refractivity contribution >= 4 is 33.7 Å². The van der Waals surface area contributed by atoms with Crippen LogP contribution >= 0.6 is 15.9 Å². The second-order valence-electron chi connectivity index (χ2n) is 3.02. The minimum absolute atomic E-state index is 0.182. The van der Waals surface area contributed by atoms with Crippen LogP contribution in [0.5, 0.6) is 0 Å². The first-order valence-electron chi connectivity index (χ1n) is 4.38. The normalized spacial score (nSPS) is 11.4. The number of amides is 2. The molecular weight excluding hydrogens is 280 g/mol. The van der Waals surface area contributed by atoms with Crippen LogP contribution in [0.1, 0.15) is 13.3 Å². The lowest BCUT2D eigenvalue weighted by Gasteiger charge is -2.14. The molecule has 0 saturated heterocycles. The summed E-state index contributed by atoms with van der Waals surface area (Å²) in [6, 6.07) is -0.866. The Balaban J connectivity index is 4.18. The summed E-state index contributed by atoms with van der Waals surface area (Å²) < 4.78 is 4.98.